The Hall–Kier alpha value is -3.29. The number of aromatic nitrogens is 5. The van der Waals surface area contributed by atoms with Crippen molar-refractivity contribution < 1.29 is 40.6 Å². The Kier molecular flexibility index (Phi) is 5.32. The number of hydrogen-bond donors (Lipinski definition) is 1. The van der Waals surface area contributed by atoms with Crippen LogP contribution in [0.4, 0.5) is 30.7 Å². The van der Waals surface area contributed by atoms with E-state index in [9.17, 15) is 27.1 Å². The van der Waals surface area contributed by atoms with E-state index in [2.05, 4.69) is 25.2 Å². The fourth-order valence-corrected chi connectivity index (χ4v) is 5.44. The molecule has 2 heterocycles. The Morgan fingerprint density at radius 3 is 2.31 bits per heavy atom. The average molecular weight is 517 g/mol. The molecule has 0 amide bonds. The van der Waals surface area contributed by atoms with Crippen LogP contribution in [0.1, 0.15) is 30.5 Å². The SMILES string of the molecule is O[C@](Cn1cnnn1)(c1ccc(F)cc1F)C(F)(F)C12CC(c3ccc(OCC(F)(F)F)cn3)(C1)C2. The van der Waals surface area contributed by atoms with Crippen molar-refractivity contribution in [2.24, 2.45) is 5.41 Å². The van der Waals surface area contributed by atoms with E-state index in [1.807, 2.05) is 0 Å². The minimum absolute atomic E-state index is 0.108. The normalized spacial score (nSPS) is 25.0. The summed E-state index contributed by atoms with van der Waals surface area (Å²) in [5.74, 6) is -6.36. The fourth-order valence-electron chi connectivity index (χ4n) is 5.44. The number of nitrogens with zero attached hydrogens (tertiary/aromatic N) is 5. The topological polar surface area (TPSA) is 86.0 Å². The van der Waals surface area contributed by atoms with E-state index in [1.165, 1.54) is 12.1 Å². The predicted molar refractivity (Wildman–Crippen MR) is 107 cm³/mol. The maximum absolute atomic E-state index is 16.1. The molecule has 0 spiro atoms. The Bertz CT molecular complexity index is 1250. The number of pyridine rings is 1. The first-order valence-electron chi connectivity index (χ1n) is 10.7. The van der Waals surface area contributed by atoms with Crippen LogP contribution in [-0.2, 0) is 17.6 Å². The van der Waals surface area contributed by atoms with Gasteiger partial charge in [-0.2, -0.15) is 13.2 Å². The number of rotatable bonds is 8. The molecule has 0 unspecified atom stereocenters. The van der Waals surface area contributed by atoms with Gasteiger partial charge in [-0.15, -0.1) is 5.10 Å². The van der Waals surface area contributed by atoms with Gasteiger partial charge in [0.1, 0.15) is 23.7 Å². The molecule has 0 saturated heterocycles. The van der Waals surface area contributed by atoms with Gasteiger partial charge in [0.15, 0.2) is 12.2 Å². The van der Waals surface area contributed by atoms with Gasteiger partial charge < -0.3 is 9.84 Å². The molecule has 3 saturated carbocycles. The third kappa shape index (κ3) is 3.69. The highest BCUT2D eigenvalue weighted by Gasteiger charge is 2.82. The van der Waals surface area contributed by atoms with Crippen LogP contribution >= 0.6 is 0 Å². The van der Waals surface area contributed by atoms with Gasteiger partial charge in [0.25, 0.3) is 5.92 Å². The van der Waals surface area contributed by atoms with Crippen molar-refractivity contribution in [2.75, 3.05) is 6.61 Å². The largest absolute Gasteiger partial charge is 0.483 e. The van der Waals surface area contributed by atoms with E-state index in [-0.39, 0.29) is 25.0 Å². The van der Waals surface area contributed by atoms with Crippen molar-refractivity contribution in [3.63, 3.8) is 0 Å². The molecule has 1 aromatic carbocycles. The third-order valence-electron chi connectivity index (χ3n) is 7.06. The lowest BCUT2D eigenvalue weighted by Gasteiger charge is -2.73. The average Bonchev–Trinajstić information content (AvgIpc) is 3.23. The maximum Gasteiger partial charge on any atom is 0.422 e. The van der Waals surface area contributed by atoms with E-state index in [0.29, 0.717) is 11.8 Å². The summed E-state index contributed by atoms with van der Waals surface area (Å²) < 4.78 is 103. The smallest absolute Gasteiger partial charge is 0.422 e. The van der Waals surface area contributed by atoms with Crippen LogP contribution in [0.2, 0.25) is 0 Å². The zero-order valence-electron chi connectivity index (χ0n) is 18.3. The van der Waals surface area contributed by atoms with E-state index < -0.39 is 58.9 Å². The summed E-state index contributed by atoms with van der Waals surface area (Å²) in [4.78, 5) is 4.10. The molecule has 6 rings (SSSR count). The molecular formula is C22H18F7N5O2. The van der Waals surface area contributed by atoms with E-state index in [0.717, 1.165) is 29.3 Å². The highest BCUT2D eigenvalue weighted by molar-refractivity contribution is 5.41. The zero-order valence-corrected chi connectivity index (χ0v) is 18.3. The van der Waals surface area contributed by atoms with Crippen LogP contribution < -0.4 is 4.74 Å². The first-order chi connectivity index (χ1) is 16.8. The van der Waals surface area contributed by atoms with Crippen molar-refractivity contribution in [3.05, 3.63) is 65.7 Å². The Morgan fingerprint density at radius 1 is 1.03 bits per heavy atom. The Morgan fingerprint density at radius 2 is 1.75 bits per heavy atom. The number of hydrogen-bond acceptors (Lipinski definition) is 6. The molecule has 1 N–H and O–H groups in total. The minimum Gasteiger partial charge on any atom is -0.483 e. The van der Waals surface area contributed by atoms with Gasteiger partial charge in [-0.3, -0.25) is 4.98 Å². The summed E-state index contributed by atoms with van der Waals surface area (Å²) in [7, 11) is 0. The number of ether oxygens (including phenoxy) is 1. The molecule has 3 aliphatic carbocycles. The van der Waals surface area contributed by atoms with Crippen LogP contribution in [-0.4, -0.2) is 49.0 Å². The summed E-state index contributed by atoms with van der Waals surface area (Å²) >= 11 is 0. The first-order valence-corrected chi connectivity index (χ1v) is 10.7. The molecule has 0 aliphatic heterocycles. The number of alkyl halides is 5. The fraction of sp³-hybridized carbons (Fsp3) is 0.455. The summed E-state index contributed by atoms with van der Waals surface area (Å²) in [6.45, 7) is -2.39. The van der Waals surface area contributed by atoms with Crippen LogP contribution in [0.15, 0.2) is 42.9 Å². The van der Waals surface area contributed by atoms with E-state index >= 15 is 8.78 Å². The lowest BCUT2D eigenvalue weighted by Crippen LogP contribution is -2.76. The maximum atomic E-state index is 16.1. The van der Waals surface area contributed by atoms with Crippen molar-refractivity contribution in [3.8, 4) is 5.75 Å². The minimum atomic E-state index is -4.52. The number of tetrazole rings is 1. The quantitative estimate of drug-likeness (QED) is 0.456. The zero-order chi connectivity index (χ0) is 26.0. The molecule has 0 radical (unpaired) electrons. The number of benzene rings is 1. The second-order valence-electron chi connectivity index (χ2n) is 9.44. The standard InChI is InChI=1S/C22H18F7N5O2/c23-13-1-3-15(16(24)5-13)20(35,10-34-12-31-32-33-34)22(28,29)19-7-18(8-19,9-19)17-4-2-14(6-30-17)36-11-21(25,26)27/h1-6,12,35H,7-11H2/t18?,19?,20-/m1/s1. The summed E-state index contributed by atoms with van der Waals surface area (Å²) in [5, 5.41) is 21.5. The number of halogens is 7. The lowest BCUT2D eigenvalue weighted by atomic mass is 9.31. The summed E-state index contributed by atoms with van der Waals surface area (Å²) in [6, 6.07) is 4.65. The van der Waals surface area contributed by atoms with Crippen molar-refractivity contribution in [1.29, 1.82) is 0 Å². The molecule has 2 aromatic heterocycles. The van der Waals surface area contributed by atoms with Crippen molar-refractivity contribution in [1.82, 2.24) is 25.2 Å². The lowest BCUT2D eigenvalue weighted by molar-refractivity contribution is -0.348. The van der Waals surface area contributed by atoms with Gasteiger partial charge in [0, 0.05) is 28.2 Å². The van der Waals surface area contributed by atoms with Gasteiger partial charge in [0.2, 0.25) is 0 Å². The van der Waals surface area contributed by atoms with Crippen LogP contribution in [0.5, 0.6) is 5.75 Å². The monoisotopic (exact) mass is 517 g/mol. The molecule has 7 nitrogen and oxygen atoms in total. The van der Waals surface area contributed by atoms with E-state index in [4.69, 9.17) is 0 Å². The second-order valence-corrected chi connectivity index (χ2v) is 9.44. The Labute approximate surface area is 198 Å². The molecule has 192 valence electrons. The van der Waals surface area contributed by atoms with Crippen LogP contribution in [0.25, 0.3) is 0 Å². The van der Waals surface area contributed by atoms with Crippen LogP contribution in [0.3, 0.4) is 0 Å². The van der Waals surface area contributed by atoms with Gasteiger partial charge in [-0.1, -0.05) is 0 Å². The third-order valence-corrected chi connectivity index (χ3v) is 7.06. The number of aliphatic hydroxyl groups is 1. The van der Waals surface area contributed by atoms with Crippen molar-refractivity contribution >= 4 is 0 Å². The first kappa shape index (κ1) is 24.4. The molecular weight excluding hydrogens is 499 g/mol. The van der Waals surface area contributed by atoms with Crippen LogP contribution in [0, 0.1) is 17.0 Å². The van der Waals surface area contributed by atoms with Crippen molar-refractivity contribution in [2.45, 2.75) is 48.9 Å². The molecule has 36 heavy (non-hydrogen) atoms. The summed E-state index contributed by atoms with van der Waals surface area (Å²) in [6.07, 6.45) is -2.77. The van der Waals surface area contributed by atoms with E-state index in [1.54, 1.807) is 0 Å². The molecule has 3 fully saturated rings. The van der Waals surface area contributed by atoms with Gasteiger partial charge >= 0.3 is 6.18 Å². The molecule has 1 atom stereocenters. The molecule has 14 heteroatoms. The Balaban J connectivity index is 1.39. The summed E-state index contributed by atoms with van der Waals surface area (Å²) in [5.41, 5.74) is -5.99. The molecule has 2 bridgehead atoms. The van der Waals surface area contributed by atoms with Gasteiger partial charge in [-0.25, -0.2) is 22.2 Å². The highest BCUT2D eigenvalue weighted by atomic mass is 19.4. The van der Waals surface area contributed by atoms with Gasteiger partial charge in [-0.05, 0) is 54.0 Å². The predicted octanol–water partition coefficient (Wildman–Crippen LogP) is 3.93. The molecule has 3 aromatic rings. The molecule has 3 aliphatic rings. The van der Waals surface area contributed by atoms with Gasteiger partial charge in [0.05, 0.1) is 12.7 Å². The highest BCUT2D eigenvalue weighted by Crippen LogP contribution is 2.80. The second kappa shape index (κ2) is 7.85.